The molecule has 182 valence electrons. The molecule has 33 heavy (non-hydrogen) atoms. The summed E-state index contributed by atoms with van der Waals surface area (Å²) in [6, 6.07) is 5.70. The van der Waals surface area contributed by atoms with Crippen molar-refractivity contribution in [3.05, 3.63) is 23.8 Å². The average Bonchev–Trinajstić information content (AvgIpc) is 3.42. The van der Waals surface area contributed by atoms with Crippen molar-refractivity contribution in [2.24, 2.45) is 5.92 Å². The molecule has 0 unspecified atom stereocenters. The Morgan fingerprint density at radius 1 is 1.09 bits per heavy atom. The number of hydrogen-bond donors (Lipinski definition) is 1. The van der Waals surface area contributed by atoms with E-state index in [9.17, 15) is 9.59 Å². The molecule has 1 aromatic carbocycles. The molecule has 3 fully saturated rings. The van der Waals surface area contributed by atoms with Gasteiger partial charge in [-0.1, -0.05) is 13.3 Å². The predicted molar refractivity (Wildman–Crippen MR) is 124 cm³/mol. The molecule has 0 spiro atoms. The van der Waals surface area contributed by atoms with Gasteiger partial charge >= 0.3 is 6.03 Å². The van der Waals surface area contributed by atoms with Crippen molar-refractivity contribution in [2.75, 3.05) is 40.5 Å². The fourth-order valence-corrected chi connectivity index (χ4v) is 5.65. The summed E-state index contributed by atoms with van der Waals surface area (Å²) in [7, 11) is 3.32. The minimum absolute atomic E-state index is 0.0289. The van der Waals surface area contributed by atoms with Crippen LogP contribution in [0.5, 0.6) is 11.5 Å². The first-order valence-electron chi connectivity index (χ1n) is 12.2. The van der Waals surface area contributed by atoms with Gasteiger partial charge in [0.15, 0.2) is 0 Å². The van der Waals surface area contributed by atoms with E-state index < -0.39 is 5.54 Å². The van der Waals surface area contributed by atoms with Crippen LogP contribution in [0.1, 0.15) is 51.0 Å². The first-order valence-corrected chi connectivity index (χ1v) is 12.2. The fraction of sp³-hybridized carbons (Fsp3) is 0.680. The summed E-state index contributed by atoms with van der Waals surface area (Å²) in [5.74, 6) is 1.65. The molecule has 0 saturated carbocycles. The van der Waals surface area contributed by atoms with E-state index in [2.05, 4.69) is 17.1 Å². The molecule has 3 aliphatic heterocycles. The number of ether oxygens (including phenoxy) is 3. The highest BCUT2D eigenvalue weighted by molar-refractivity contribution is 6.07. The van der Waals surface area contributed by atoms with Crippen LogP contribution in [-0.2, 0) is 16.1 Å². The highest BCUT2D eigenvalue weighted by atomic mass is 16.5. The maximum Gasteiger partial charge on any atom is 0.325 e. The summed E-state index contributed by atoms with van der Waals surface area (Å²) in [6.45, 7) is 5.72. The second-order valence-electron chi connectivity index (χ2n) is 9.47. The third kappa shape index (κ3) is 4.96. The van der Waals surface area contributed by atoms with Crippen molar-refractivity contribution in [3.8, 4) is 11.5 Å². The van der Waals surface area contributed by atoms with Gasteiger partial charge in [-0.2, -0.15) is 0 Å². The monoisotopic (exact) mass is 459 g/mol. The number of amides is 3. The van der Waals surface area contributed by atoms with Crippen LogP contribution in [0, 0.1) is 5.92 Å². The fourth-order valence-electron chi connectivity index (χ4n) is 5.65. The number of rotatable bonds is 9. The molecule has 2 atom stereocenters. The first-order chi connectivity index (χ1) is 16.0. The second kappa shape index (κ2) is 10.3. The molecule has 3 heterocycles. The largest absolute Gasteiger partial charge is 0.497 e. The lowest BCUT2D eigenvalue weighted by atomic mass is 9.74. The molecule has 8 heteroatoms. The third-order valence-electron chi connectivity index (χ3n) is 7.36. The van der Waals surface area contributed by atoms with Gasteiger partial charge in [0.05, 0.1) is 26.9 Å². The smallest absolute Gasteiger partial charge is 0.325 e. The van der Waals surface area contributed by atoms with Crippen LogP contribution < -0.4 is 14.8 Å². The number of piperidine rings is 1. The molecule has 4 rings (SSSR count). The van der Waals surface area contributed by atoms with E-state index in [4.69, 9.17) is 14.2 Å². The minimum atomic E-state index is -0.782. The quantitative estimate of drug-likeness (QED) is 0.572. The molecular weight excluding hydrogens is 422 g/mol. The van der Waals surface area contributed by atoms with Gasteiger partial charge in [-0.25, -0.2) is 4.79 Å². The Balaban J connectivity index is 1.41. The number of hydrogen-bond acceptors (Lipinski definition) is 6. The van der Waals surface area contributed by atoms with Crippen LogP contribution >= 0.6 is 0 Å². The summed E-state index contributed by atoms with van der Waals surface area (Å²) in [6.07, 6.45) is 5.15. The highest BCUT2D eigenvalue weighted by Gasteiger charge is 2.55. The topological polar surface area (TPSA) is 80.3 Å². The summed E-state index contributed by atoms with van der Waals surface area (Å²) in [5.41, 5.74) is 0.358. The van der Waals surface area contributed by atoms with E-state index >= 15 is 0 Å². The zero-order chi connectivity index (χ0) is 23.4. The van der Waals surface area contributed by atoms with E-state index in [-0.39, 0.29) is 24.0 Å². The Morgan fingerprint density at radius 3 is 2.36 bits per heavy atom. The molecule has 3 amide bonds. The van der Waals surface area contributed by atoms with Crippen LogP contribution in [0.25, 0.3) is 0 Å². The summed E-state index contributed by atoms with van der Waals surface area (Å²) < 4.78 is 16.5. The number of urea groups is 1. The lowest BCUT2D eigenvalue weighted by Crippen LogP contribution is -2.56. The number of carbonyl (C=O) groups is 2. The second-order valence-corrected chi connectivity index (χ2v) is 9.47. The zero-order valence-corrected chi connectivity index (χ0v) is 20.1. The van der Waals surface area contributed by atoms with Gasteiger partial charge < -0.3 is 19.5 Å². The van der Waals surface area contributed by atoms with Crippen molar-refractivity contribution in [1.29, 1.82) is 0 Å². The van der Waals surface area contributed by atoms with Gasteiger partial charge in [-0.05, 0) is 68.8 Å². The van der Waals surface area contributed by atoms with Gasteiger partial charge in [-0.15, -0.1) is 0 Å². The molecule has 3 aliphatic rings. The zero-order valence-electron chi connectivity index (χ0n) is 20.1. The van der Waals surface area contributed by atoms with E-state index in [1.807, 2.05) is 18.2 Å². The maximum absolute atomic E-state index is 13.6. The maximum atomic E-state index is 13.6. The summed E-state index contributed by atoms with van der Waals surface area (Å²) in [5, 5.41) is 3.14. The SMILES string of the molecule is CCC[C@@]1(C2CCN(Cc3cc(OC)cc(OC)c3)CC2)NC(=O)N(C[C@@H]2CCCO2)C1=O. The van der Waals surface area contributed by atoms with Gasteiger partial charge in [-0.3, -0.25) is 14.6 Å². The van der Waals surface area contributed by atoms with Gasteiger partial charge in [0.25, 0.3) is 5.91 Å². The minimum Gasteiger partial charge on any atom is -0.497 e. The Labute approximate surface area is 196 Å². The number of imide groups is 1. The third-order valence-corrected chi connectivity index (χ3v) is 7.36. The summed E-state index contributed by atoms with van der Waals surface area (Å²) in [4.78, 5) is 30.2. The Morgan fingerprint density at radius 2 is 1.79 bits per heavy atom. The Kier molecular flexibility index (Phi) is 7.44. The van der Waals surface area contributed by atoms with Gasteiger partial charge in [0.1, 0.15) is 17.0 Å². The van der Waals surface area contributed by atoms with Crippen molar-refractivity contribution in [2.45, 2.75) is 63.6 Å². The number of methoxy groups -OCH3 is 2. The molecular formula is C25H37N3O5. The molecule has 0 aromatic heterocycles. The molecule has 0 bridgehead atoms. The molecule has 1 N–H and O–H groups in total. The summed E-state index contributed by atoms with van der Waals surface area (Å²) >= 11 is 0. The van der Waals surface area contributed by atoms with Gasteiger partial charge in [0, 0.05) is 19.2 Å². The normalized spacial score (nSPS) is 26.6. The molecule has 0 aliphatic carbocycles. The standard InChI is InChI=1S/C25H37N3O5/c1-4-9-25(23(29)28(24(30)26-25)17-20-6-5-12-33-20)19-7-10-27(11-8-19)16-18-13-21(31-2)15-22(14-18)32-3/h13-15,19-20H,4-12,16-17H2,1-3H3,(H,26,30)/t20-,25-/m0/s1. The predicted octanol–water partition coefficient (Wildman–Crippen LogP) is 3.19. The highest BCUT2D eigenvalue weighted by Crippen LogP contribution is 2.38. The van der Waals surface area contributed by atoms with E-state index in [1.165, 1.54) is 4.90 Å². The van der Waals surface area contributed by atoms with E-state index in [0.29, 0.717) is 19.6 Å². The Hall–Kier alpha value is -2.32. The van der Waals surface area contributed by atoms with Crippen LogP contribution in [0.4, 0.5) is 4.79 Å². The van der Waals surface area contributed by atoms with Gasteiger partial charge in [0.2, 0.25) is 0 Å². The molecule has 0 radical (unpaired) electrons. The lowest BCUT2D eigenvalue weighted by Gasteiger charge is -2.41. The number of benzene rings is 1. The van der Waals surface area contributed by atoms with E-state index in [1.54, 1.807) is 14.2 Å². The first kappa shape index (κ1) is 23.8. The number of nitrogens with zero attached hydrogens (tertiary/aromatic N) is 2. The lowest BCUT2D eigenvalue weighted by molar-refractivity contribution is -0.135. The van der Waals surface area contributed by atoms with Crippen molar-refractivity contribution in [1.82, 2.24) is 15.1 Å². The average molecular weight is 460 g/mol. The van der Waals surface area contributed by atoms with Crippen LogP contribution in [0.3, 0.4) is 0 Å². The number of nitrogens with one attached hydrogen (secondary N) is 1. The number of carbonyl (C=O) groups excluding carboxylic acids is 2. The number of likely N-dealkylation sites (tertiary alicyclic amines) is 1. The van der Waals surface area contributed by atoms with Crippen LogP contribution in [0.15, 0.2) is 18.2 Å². The van der Waals surface area contributed by atoms with Crippen LogP contribution in [0.2, 0.25) is 0 Å². The van der Waals surface area contributed by atoms with E-state index in [0.717, 1.165) is 68.8 Å². The van der Waals surface area contributed by atoms with Crippen LogP contribution in [-0.4, -0.2) is 73.8 Å². The van der Waals surface area contributed by atoms with Crippen molar-refractivity contribution in [3.63, 3.8) is 0 Å². The molecule has 3 saturated heterocycles. The van der Waals surface area contributed by atoms with Crippen molar-refractivity contribution >= 4 is 11.9 Å². The Bertz CT molecular complexity index is 826. The van der Waals surface area contributed by atoms with Crippen molar-refractivity contribution < 1.29 is 23.8 Å². The molecule has 8 nitrogen and oxygen atoms in total. The molecule has 1 aromatic rings.